The van der Waals surface area contributed by atoms with Crippen LogP contribution in [0.5, 0.6) is 0 Å². The third-order valence-electron chi connectivity index (χ3n) is 4.15. The minimum absolute atomic E-state index is 0.121. The summed E-state index contributed by atoms with van der Waals surface area (Å²) in [6, 6.07) is 12.3. The van der Waals surface area contributed by atoms with Gasteiger partial charge < -0.3 is 14.7 Å². The first kappa shape index (κ1) is 17.3. The van der Waals surface area contributed by atoms with Crippen LogP contribution in [0.4, 0.5) is 5.82 Å². The Hall–Kier alpha value is -2.51. The van der Waals surface area contributed by atoms with E-state index in [-0.39, 0.29) is 12.6 Å². The molecule has 7 nitrogen and oxygen atoms in total. The third kappa shape index (κ3) is 3.94. The quantitative estimate of drug-likeness (QED) is 0.676. The first-order valence-corrected chi connectivity index (χ1v) is 8.33. The van der Waals surface area contributed by atoms with E-state index in [1.54, 1.807) is 11.6 Å². The highest BCUT2D eigenvalue weighted by Crippen LogP contribution is 2.23. The van der Waals surface area contributed by atoms with Gasteiger partial charge in [0.1, 0.15) is 12.1 Å². The number of hydrogen-bond donors (Lipinski definition) is 1. The zero-order valence-corrected chi connectivity index (χ0v) is 14.5. The molecule has 2 aromatic heterocycles. The van der Waals surface area contributed by atoms with Crippen molar-refractivity contribution in [3.05, 3.63) is 54.0 Å². The van der Waals surface area contributed by atoms with Crippen LogP contribution >= 0.6 is 0 Å². The van der Waals surface area contributed by atoms with Crippen molar-refractivity contribution in [3.63, 3.8) is 0 Å². The van der Waals surface area contributed by atoms with Crippen LogP contribution in [0.3, 0.4) is 0 Å². The number of benzene rings is 1. The van der Waals surface area contributed by atoms with Crippen molar-refractivity contribution in [2.24, 2.45) is 0 Å². The second-order valence-electron chi connectivity index (χ2n) is 5.99. The summed E-state index contributed by atoms with van der Waals surface area (Å²) >= 11 is 0. The van der Waals surface area contributed by atoms with Crippen LogP contribution in [0.15, 0.2) is 42.7 Å². The van der Waals surface area contributed by atoms with Crippen molar-refractivity contribution < 1.29 is 9.84 Å². The lowest BCUT2D eigenvalue weighted by Crippen LogP contribution is -2.35. The minimum atomic E-state index is 0.121. The van der Waals surface area contributed by atoms with Crippen LogP contribution in [0.25, 0.3) is 5.78 Å². The number of aliphatic hydroxyl groups is 1. The van der Waals surface area contributed by atoms with Gasteiger partial charge in [0.25, 0.3) is 5.78 Å². The molecule has 3 rings (SSSR count). The summed E-state index contributed by atoms with van der Waals surface area (Å²) in [4.78, 5) is 10.9. The zero-order valence-electron chi connectivity index (χ0n) is 14.5. The summed E-state index contributed by atoms with van der Waals surface area (Å²) in [7, 11) is 1.64. The van der Waals surface area contributed by atoms with Crippen LogP contribution in [-0.2, 0) is 17.9 Å². The second kappa shape index (κ2) is 8.04. The first-order valence-electron chi connectivity index (χ1n) is 8.33. The van der Waals surface area contributed by atoms with E-state index in [1.807, 2.05) is 24.3 Å². The number of nitrogens with zero attached hydrogens (tertiary/aromatic N) is 5. The minimum Gasteiger partial charge on any atom is -0.396 e. The predicted octanol–water partition coefficient (Wildman–Crippen LogP) is 2.05. The molecule has 1 aromatic carbocycles. The molecule has 0 amide bonds. The molecule has 0 aliphatic carbocycles. The van der Waals surface area contributed by atoms with Crippen LogP contribution in [0.1, 0.15) is 24.6 Å². The molecule has 0 aliphatic rings. The van der Waals surface area contributed by atoms with E-state index < -0.39 is 0 Å². The fourth-order valence-electron chi connectivity index (χ4n) is 2.86. The number of rotatable bonds is 8. The highest BCUT2D eigenvalue weighted by molar-refractivity contribution is 5.48. The summed E-state index contributed by atoms with van der Waals surface area (Å²) in [6.07, 6.45) is 2.16. The predicted molar refractivity (Wildman–Crippen MR) is 95.3 cm³/mol. The Bertz CT molecular complexity index is 806. The molecule has 0 saturated carbocycles. The third-order valence-corrected chi connectivity index (χ3v) is 4.15. The monoisotopic (exact) mass is 341 g/mol. The van der Waals surface area contributed by atoms with E-state index in [9.17, 15) is 5.11 Å². The molecular formula is C18H23N5O2. The summed E-state index contributed by atoms with van der Waals surface area (Å²) in [5.74, 6) is 1.43. The van der Waals surface area contributed by atoms with Gasteiger partial charge in [0, 0.05) is 32.4 Å². The number of anilines is 1. The number of methoxy groups -OCH3 is 1. The van der Waals surface area contributed by atoms with Gasteiger partial charge in [-0.15, -0.1) is 0 Å². The van der Waals surface area contributed by atoms with Gasteiger partial charge in [0.15, 0.2) is 0 Å². The number of hydrogen-bond acceptors (Lipinski definition) is 6. The van der Waals surface area contributed by atoms with Crippen molar-refractivity contribution in [2.75, 3.05) is 18.6 Å². The molecule has 7 heteroatoms. The molecule has 0 radical (unpaired) electrons. The molecule has 0 bridgehead atoms. The number of fused-ring (bicyclic) bond motifs is 1. The van der Waals surface area contributed by atoms with E-state index >= 15 is 0 Å². The summed E-state index contributed by atoms with van der Waals surface area (Å²) < 4.78 is 6.97. The highest BCUT2D eigenvalue weighted by Gasteiger charge is 2.20. The largest absolute Gasteiger partial charge is 0.396 e. The first-order chi connectivity index (χ1) is 12.2. The van der Waals surface area contributed by atoms with Crippen LogP contribution in [0.2, 0.25) is 0 Å². The van der Waals surface area contributed by atoms with Crippen molar-refractivity contribution in [3.8, 4) is 0 Å². The van der Waals surface area contributed by atoms with Crippen LogP contribution < -0.4 is 4.90 Å². The Morgan fingerprint density at radius 2 is 2.08 bits per heavy atom. The summed E-state index contributed by atoms with van der Waals surface area (Å²) in [5, 5.41) is 13.7. The Kier molecular flexibility index (Phi) is 5.57. The molecule has 3 aromatic rings. The molecule has 1 atom stereocenters. The van der Waals surface area contributed by atoms with Gasteiger partial charge >= 0.3 is 0 Å². The molecule has 0 fully saturated rings. The van der Waals surface area contributed by atoms with Crippen molar-refractivity contribution in [2.45, 2.75) is 32.5 Å². The molecule has 1 N–H and O–H groups in total. The van der Waals surface area contributed by atoms with Gasteiger partial charge in [-0.05, 0) is 18.9 Å². The summed E-state index contributed by atoms with van der Waals surface area (Å²) in [6.45, 7) is 3.33. The fourth-order valence-corrected chi connectivity index (χ4v) is 2.86. The lowest BCUT2D eigenvalue weighted by atomic mass is 10.1. The van der Waals surface area contributed by atoms with Crippen molar-refractivity contribution in [1.29, 1.82) is 0 Å². The Labute approximate surface area is 146 Å². The Morgan fingerprint density at radius 1 is 1.28 bits per heavy atom. The topological polar surface area (TPSA) is 75.8 Å². The maximum absolute atomic E-state index is 9.42. The maximum atomic E-state index is 9.42. The standard InChI is InChI=1S/C18H23N5O2/c1-14(8-9-24)22(11-15-6-4-3-5-7-15)17-10-16(12-25-2)21-18-19-13-20-23(17)18/h3-7,10,13-14,24H,8-9,11-12H2,1-2H3. The molecule has 2 heterocycles. The summed E-state index contributed by atoms with van der Waals surface area (Å²) in [5.41, 5.74) is 1.98. The molecule has 0 aliphatic heterocycles. The normalized spacial score (nSPS) is 12.4. The van der Waals surface area contributed by atoms with Gasteiger partial charge in [-0.2, -0.15) is 14.6 Å². The molecule has 1 unspecified atom stereocenters. The Morgan fingerprint density at radius 3 is 2.80 bits per heavy atom. The molecular weight excluding hydrogens is 318 g/mol. The average Bonchev–Trinajstić information content (AvgIpc) is 3.09. The molecule has 0 saturated heterocycles. The highest BCUT2D eigenvalue weighted by atomic mass is 16.5. The van der Waals surface area contributed by atoms with Gasteiger partial charge in [0.2, 0.25) is 0 Å². The number of ether oxygens (including phenoxy) is 1. The van der Waals surface area contributed by atoms with E-state index in [1.165, 1.54) is 11.9 Å². The molecule has 25 heavy (non-hydrogen) atoms. The SMILES string of the molecule is COCc1cc(N(Cc2ccccc2)C(C)CCO)n2ncnc2n1. The molecule has 0 spiro atoms. The average molecular weight is 341 g/mol. The molecule has 132 valence electrons. The van der Waals surface area contributed by atoms with Gasteiger partial charge in [-0.1, -0.05) is 30.3 Å². The lowest BCUT2D eigenvalue weighted by Gasteiger charge is -2.31. The van der Waals surface area contributed by atoms with Gasteiger partial charge in [-0.3, -0.25) is 0 Å². The second-order valence-corrected chi connectivity index (χ2v) is 5.99. The Balaban J connectivity index is 2.05. The van der Waals surface area contributed by atoms with Crippen LogP contribution in [0, 0.1) is 0 Å². The van der Waals surface area contributed by atoms with Crippen LogP contribution in [-0.4, -0.2) is 44.4 Å². The van der Waals surface area contributed by atoms with E-state index in [0.29, 0.717) is 25.4 Å². The lowest BCUT2D eigenvalue weighted by molar-refractivity contribution is 0.181. The van der Waals surface area contributed by atoms with Gasteiger partial charge in [0.05, 0.1) is 12.3 Å². The number of aromatic nitrogens is 4. The van der Waals surface area contributed by atoms with E-state index in [4.69, 9.17) is 4.74 Å². The maximum Gasteiger partial charge on any atom is 0.254 e. The smallest absolute Gasteiger partial charge is 0.254 e. The van der Waals surface area contributed by atoms with E-state index in [2.05, 4.69) is 39.0 Å². The van der Waals surface area contributed by atoms with Crippen molar-refractivity contribution in [1.82, 2.24) is 19.6 Å². The van der Waals surface area contributed by atoms with Crippen molar-refractivity contribution >= 4 is 11.6 Å². The van der Waals surface area contributed by atoms with E-state index in [0.717, 1.165) is 11.5 Å². The fraction of sp³-hybridized carbons (Fsp3) is 0.389. The zero-order chi connectivity index (χ0) is 17.6. The van der Waals surface area contributed by atoms with Gasteiger partial charge in [-0.25, -0.2) is 4.98 Å². The number of aliphatic hydroxyl groups excluding tert-OH is 1.